The number of carbonyl (C=O) groups excluding carboxylic acids is 1. The highest BCUT2D eigenvalue weighted by Gasteiger charge is 2.19. The molecule has 2 rings (SSSR count). The van der Waals surface area contributed by atoms with E-state index in [2.05, 4.69) is 20.8 Å². The first-order valence-electron chi connectivity index (χ1n) is 5.61. The van der Waals surface area contributed by atoms with Crippen LogP contribution in [0.4, 0.5) is 5.13 Å². The molecule has 0 radical (unpaired) electrons. The zero-order valence-corrected chi connectivity index (χ0v) is 10.1. The summed E-state index contributed by atoms with van der Waals surface area (Å²) in [6.45, 7) is 0. The van der Waals surface area contributed by atoms with Crippen LogP contribution in [0.25, 0.3) is 0 Å². The van der Waals surface area contributed by atoms with Gasteiger partial charge in [0, 0.05) is 13.1 Å². The van der Waals surface area contributed by atoms with Crippen molar-refractivity contribution in [1.82, 2.24) is 15.5 Å². The molecule has 16 heavy (non-hydrogen) atoms. The minimum Gasteiger partial charge on any atom is -0.363 e. The van der Waals surface area contributed by atoms with Gasteiger partial charge in [0.1, 0.15) is 0 Å². The van der Waals surface area contributed by atoms with Crippen molar-refractivity contribution in [2.24, 2.45) is 0 Å². The van der Waals surface area contributed by atoms with Crippen LogP contribution in [0, 0.1) is 0 Å². The lowest BCUT2D eigenvalue weighted by molar-refractivity contribution is 0.0926. The first-order valence-corrected chi connectivity index (χ1v) is 6.43. The fraction of sp³-hybridized carbons (Fsp3) is 0.700. The van der Waals surface area contributed by atoms with Gasteiger partial charge in [-0.3, -0.25) is 4.79 Å². The summed E-state index contributed by atoms with van der Waals surface area (Å²) in [6, 6.07) is 0.322. The minimum absolute atomic E-state index is 0.0918. The van der Waals surface area contributed by atoms with Gasteiger partial charge in [-0.05, 0) is 12.8 Å². The van der Waals surface area contributed by atoms with E-state index in [1.165, 1.54) is 30.6 Å². The van der Waals surface area contributed by atoms with Crippen LogP contribution >= 0.6 is 11.3 Å². The van der Waals surface area contributed by atoms with Crippen LogP contribution in [0.15, 0.2) is 0 Å². The van der Waals surface area contributed by atoms with E-state index in [-0.39, 0.29) is 5.91 Å². The Labute approximate surface area is 98.7 Å². The van der Waals surface area contributed by atoms with Gasteiger partial charge in [-0.1, -0.05) is 30.6 Å². The molecule has 0 aliphatic heterocycles. The molecule has 1 fully saturated rings. The lowest BCUT2D eigenvalue weighted by Gasteiger charge is -2.21. The smallest absolute Gasteiger partial charge is 0.282 e. The Kier molecular flexibility index (Phi) is 3.71. The Bertz CT molecular complexity index is 359. The maximum atomic E-state index is 11.8. The highest BCUT2D eigenvalue weighted by molar-refractivity contribution is 7.17. The average Bonchev–Trinajstić information content (AvgIpc) is 2.79. The van der Waals surface area contributed by atoms with Gasteiger partial charge in [0.25, 0.3) is 5.91 Å². The molecule has 88 valence electrons. The van der Waals surface area contributed by atoms with Crippen LogP contribution < -0.4 is 10.6 Å². The SMILES string of the molecule is CNc1nnc(C(=O)NC2CCCCC2)s1. The van der Waals surface area contributed by atoms with E-state index in [1.54, 1.807) is 7.05 Å². The number of anilines is 1. The molecular weight excluding hydrogens is 224 g/mol. The van der Waals surface area contributed by atoms with E-state index in [9.17, 15) is 4.79 Å². The van der Waals surface area contributed by atoms with E-state index >= 15 is 0 Å². The third-order valence-electron chi connectivity index (χ3n) is 2.77. The van der Waals surface area contributed by atoms with E-state index in [0.29, 0.717) is 16.2 Å². The molecule has 1 aromatic rings. The van der Waals surface area contributed by atoms with Crippen molar-refractivity contribution in [2.75, 3.05) is 12.4 Å². The molecule has 1 aromatic heterocycles. The van der Waals surface area contributed by atoms with Crippen LogP contribution in [-0.2, 0) is 0 Å². The summed E-state index contributed by atoms with van der Waals surface area (Å²) in [7, 11) is 1.77. The first-order chi connectivity index (χ1) is 7.79. The summed E-state index contributed by atoms with van der Waals surface area (Å²) in [4.78, 5) is 11.8. The van der Waals surface area contributed by atoms with Crippen molar-refractivity contribution in [3.05, 3.63) is 5.01 Å². The van der Waals surface area contributed by atoms with Crippen molar-refractivity contribution in [3.63, 3.8) is 0 Å². The molecule has 0 aromatic carbocycles. The fourth-order valence-corrected chi connectivity index (χ4v) is 2.51. The Balaban J connectivity index is 1.91. The summed E-state index contributed by atoms with van der Waals surface area (Å²) in [5, 5.41) is 14.7. The maximum absolute atomic E-state index is 11.8. The first kappa shape index (κ1) is 11.3. The predicted octanol–water partition coefficient (Wildman–Crippen LogP) is 1.64. The van der Waals surface area contributed by atoms with Gasteiger partial charge in [-0.2, -0.15) is 0 Å². The molecular formula is C10H16N4OS. The molecule has 1 heterocycles. The van der Waals surface area contributed by atoms with Gasteiger partial charge in [0.15, 0.2) is 0 Å². The average molecular weight is 240 g/mol. The molecule has 0 bridgehead atoms. The van der Waals surface area contributed by atoms with Crippen LogP contribution in [-0.4, -0.2) is 29.2 Å². The van der Waals surface area contributed by atoms with Crippen LogP contribution in [0.1, 0.15) is 41.9 Å². The third-order valence-corrected chi connectivity index (χ3v) is 3.71. The maximum Gasteiger partial charge on any atom is 0.282 e. The molecule has 1 amide bonds. The number of hydrogen-bond acceptors (Lipinski definition) is 5. The summed E-state index contributed by atoms with van der Waals surface area (Å²) in [5.74, 6) is -0.0918. The second-order valence-corrected chi connectivity index (χ2v) is 4.95. The van der Waals surface area contributed by atoms with Crippen molar-refractivity contribution < 1.29 is 4.79 Å². The zero-order chi connectivity index (χ0) is 11.4. The number of hydrogen-bond donors (Lipinski definition) is 2. The Hall–Kier alpha value is -1.17. The lowest BCUT2D eigenvalue weighted by atomic mass is 9.95. The third kappa shape index (κ3) is 2.69. The number of carbonyl (C=O) groups is 1. The van der Waals surface area contributed by atoms with Gasteiger partial charge in [-0.15, -0.1) is 10.2 Å². The van der Waals surface area contributed by atoms with E-state index in [4.69, 9.17) is 0 Å². The number of nitrogens with one attached hydrogen (secondary N) is 2. The predicted molar refractivity (Wildman–Crippen MR) is 63.8 cm³/mol. The minimum atomic E-state index is -0.0918. The molecule has 0 atom stereocenters. The molecule has 2 N–H and O–H groups in total. The van der Waals surface area contributed by atoms with Gasteiger partial charge < -0.3 is 10.6 Å². The molecule has 0 saturated heterocycles. The number of aromatic nitrogens is 2. The molecule has 1 aliphatic carbocycles. The van der Waals surface area contributed by atoms with E-state index in [1.807, 2.05) is 0 Å². The quantitative estimate of drug-likeness (QED) is 0.843. The largest absolute Gasteiger partial charge is 0.363 e. The summed E-state index contributed by atoms with van der Waals surface area (Å²) in [5.41, 5.74) is 0. The van der Waals surface area contributed by atoms with E-state index < -0.39 is 0 Å². The van der Waals surface area contributed by atoms with E-state index in [0.717, 1.165) is 12.8 Å². The summed E-state index contributed by atoms with van der Waals surface area (Å²) in [6.07, 6.45) is 5.88. The van der Waals surface area contributed by atoms with Crippen LogP contribution in [0.5, 0.6) is 0 Å². The number of rotatable bonds is 3. The highest BCUT2D eigenvalue weighted by Crippen LogP contribution is 2.19. The van der Waals surface area contributed by atoms with Crippen molar-refractivity contribution in [1.29, 1.82) is 0 Å². The van der Waals surface area contributed by atoms with Gasteiger partial charge in [0.05, 0.1) is 0 Å². The molecule has 0 spiro atoms. The second-order valence-electron chi connectivity index (χ2n) is 3.97. The zero-order valence-electron chi connectivity index (χ0n) is 9.32. The monoisotopic (exact) mass is 240 g/mol. The molecule has 6 heteroatoms. The molecule has 1 saturated carbocycles. The van der Waals surface area contributed by atoms with Gasteiger partial charge >= 0.3 is 0 Å². The summed E-state index contributed by atoms with van der Waals surface area (Å²) >= 11 is 1.28. The Morgan fingerprint density at radius 3 is 2.69 bits per heavy atom. The fourth-order valence-electron chi connectivity index (χ4n) is 1.91. The number of amides is 1. The van der Waals surface area contributed by atoms with Crippen molar-refractivity contribution in [2.45, 2.75) is 38.1 Å². The molecule has 1 aliphatic rings. The second kappa shape index (κ2) is 5.25. The number of nitrogens with zero attached hydrogens (tertiary/aromatic N) is 2. The lowest BCUT2D eigenvalue weighted by Crippen LogP contribution is -2.36. The Morgan fingerprint density at radius 2 is 2.06 bits per heavy atom. The van der Waals surface area contributed by atoms with Gasteiger partial charge in [-0.25, -0.2) is 0 Å². The molecule has 5 nitrogen and oxygen atoms in total. The Morgan fingerprint density at radius 1 is 1.31 bits per heavy atom. The standard InChI is InChI=1S/C10H16N4OS/c1-11-10-14-13-9(16-10)8(15)12-7-5-3-2-4-6-7/h7H,2-6H2,1H3,(H,11,14)(H,12,15). The normalized spacial score (nSPS) is 17.1. The highest BCUT2D eigenvalue weighted by atomic mass is 32.1. The van der Waals surface area contributed by atoms with Crippen molar-refractivity contribution in [3.8, 4) is 0 Å². The molecule has 0 unspecified atom stereocenters. The van der Waals surface area contributed by atoms with Crippen LogP contribution in [0.3, 0.4) is 0 Å². The van der Waals surface area contributed by atoms with Gasteiger partial charge in [0.2, 0.25) is 10.1 Å². The van der Waals surface area contributed by atoms with Crippen molar-refractivity contribution >= 4 is 22.4 Å². The van der Waals surface area contributed by atoms with Crippen LogP contribution in [0.2, 0.25) is 0 Å². The topological polar surface area (TPSA) is 66.9 Å². The summed E-state index contributed by atoms with van der Waals surface area (Å²) < 4.78 is 0.